The Morgan fingerprint density at radius 3 is 2.94 bits per heavy atom. The van der Waals surface area contributed by atoms with Crippen LogP contribution in [0, 0.1) is 0 Å². The van der Waals surface area contributed by atoms with Crippen LogP contribution in [0.3, 0.4) is 0 Å². The number of hydrogen-bond acceptors (Lipinski definition) is 4. The molecule has 0 radical (unpaired) electrons. The minimum absolute atomic E-state index is 0.0888. The topological polar surface area (TPSA) is 66.4 Å². The third kappa shape index (κ3) is 4.54. The minimum atomic E-state index is -1.02. The second-order valence-electron chi connectivity index (χ2n) is 3.71. The molecule has 1 unspecified atom stereocenters. The van der Waals surface area contributed by atoms with Crippen molar-refractivity contribution < 1.29 is 14.7 Å². The van der Waals surface area contributed by atoms with Crippen LogP contribution >= 0.6 is 23.1 Å². The molecule has 1 amide bonds. The lowest BCUT2D eigenvalue weighted by molar-refractivity contribution is -0.131. The Bertz CT molecular complexity index is 454. The molecule has 1 rings (SSSR count). The zero-order valence-corrected chi connectivity index (χ0v) is 11.8. The van der Waals surface area contributed by atoms with Gasteiger partial charge in [0.25, 0.3) is 5.91 Å². The summed E-state index contributed by atoms with van der Waals surface area (Å²) in [5, 5.41) is 13.2. The van der Waals surface area contributed by atoms with Crippen molar-refractivity contribution in [3.63, 3.8) is 0 Å². The highest BCUT2D eigenvalue weighted by Crippen LogP contribution is 2.18. The molecule has 0 aliphatic carbocycles. The second kappa shape index (κ2) is 7.23. The molecule has 0 aliphatic rings. The third-order valence-electron chi connectivity index (χ3n) is 2.10. The summed E-state index contributed by atoms with van der Waals surface area (Å²) >= 11 is 2.97. The average Bonchev–Trinajstić information content (AvgIpc) is 2.74. The van der Waals surface area contributed by atoms with E-state index in [1.54, 1.807) is 23.2 Å². The first-order valence-electron chi connectivity index (χ1n) is 5.33. The molecular weight excluding hydrogens is 270 g/mol. The Balaban J connectivity index is 2.74. The molecule has 6 heteroatoms. The highest BCUT2D eigenvalue weighted by molar-refractivity contribution is 7.98. The summed E-state index contributed by atoms with van der Waals surface area (Å²) in [5.41, 5.74) is 0.635. The largest absolute Gasteiger partial charge is 0.478 e. The summed E-state index contributed by atoms with van der Waals surface area (Å²) in [5.74, 6) is -0.336. The van der Waals surface area contributed by atoms with Crippen molar-refractivity contribution in [2.24, 2.45) is 0 Å². The van der Waals surface area contributed by atoms with Crippen molar-refractivity contribution >= 4 is 41.1 Å². The van der Waals surface area contributed by atoms with Crippen LogP contribution in [0.2, 0.25) is 0 Å². The molecule has 0 aromatic carbocycles. The highest BCUT2D eigenvalue weighted by atomic mass is 32.2. The van der Waals surface area contributed by atoms with Crippen LogP contribution in [0.25, 0.3) is 6.08 Å². The Morgan fingerprint density at radius 1 is 1.61 bits per heavy atom. The number of carbonyl (C=O) groups excluding carboxylic acids is 1. The summed E-state index contributed by atoms with van der Waals surface area (Å²) in [4.78, 5) is 23.0. The number of rotatable bonds is 6. The van der Waals surface area contributed by atoms with Crippen molar-refractivity contribution in [3.8, 4) is 0 Å². The quantitative estimate of drug-likeness (QED) is 0.787. The van der Waals surface area contributed by atoms with Crippen LogP contribution in [0.15, 0.2) is 17.5 Å². The van der Waals surface area contributed by atoms with Gasteiger partial charge in [0.15, 0.2) is 0 Å². The van der Waals surface area contributed by atoms with Gasteiger partial charge in [0.2, 0.25) is 0 Å². The van der Waals surface area contributed by atoms with Gasteiger partial charge in [-0.1, -0.05) is 0 Å². The fourth-order valence-corrected chi connectivity index (χ4v) is 2.75. The summed E-state index contributed by atoms with van der Waals surface area (Å²) in [6.07, 6.45) is 4.45. The van der Waals surface area contributed by atoms with E-state index < -0.39 is 5.97 Å². The number of hydrogen-bond donors (Lipinski definition) is 2. The smallest absolute Gasteiger partial charge is 0.328 e. The molecule has 1 atom stereocenters. The van der Waals surface area contributed by atoms with Crippen LogP contribution in [0.1, 0.15) is 22.2 Å². The molecule has 0 fully saturated rings. The van der Waals surface area contributed by atoms with Crippen LogP contribution in [0.4, 0.5) is 0 Å². The number of carbonyl (C=O) groups is 2. The first-order chi connectivity index (χ1) is 8.54. The maximum absolute atomic E-state index is 12.0. The van der Waals surface area contributed by atoms with Gasteiger partial charge < -0.3 is 10.4 Å². The standard InChI is InChI=1S/C12H15NO3S2/c1-8(7-17-2)13-12(16)11-9(5-6-18-11)3-4-10(14)15/h3-6,8H,7H2,1-2H3,(H,13,16)(H,14,15)/b4-3+. The van der Waals surface area contributed by atoms with Gasteiger partial charge in [-0.05, 0) is 36.3 Å². The molecule has 1 aromatic heterocycles. The third-order valence-corrected chi connectivity index (χ3v) is 3.86. The zero-order valence-electron chi connectivity index (χ0n) is 10.2. The van der Waals surface area contributed by atoms with E-state index in [9.17, 15) is 9.59 Å². The van der Waals surface area contributed by atoms with Crippen molar-refractivity contribution in [2.75, 3.05) is 12.0 Å². The van der Waals surface area contributed by atoms with Crippen LogP contribution in [-0.4, -0.2) is 35.0 Å². The van der Waals surface area contributed by atoms with Crippen molar-refractivity contribution in [2.45, 2.75) is 13.0 Å². The number of aliphatic carboxylic acids is 1. The first-order valence-corrected chi connectivity index (χ1v) is 7.60. The average molecular weight is 285 g/mol. The lowest BCUT2D eigenvalue weighted by atomic mass is 10.2. The summed E-state index contributed by atoms with van der Waals surface area (Å²) in [7, 11) is 0. The van der Waals surface area contributed by atoms with E-state index in [4.69, 9.17) is 5.11 Å². The molecule has 4 nitrogen and oxygen atoms in total. The van der Waals surface area contributed by atoms with Gasteiger partial charge in [0.05, 0.1) is 4.88 Å². The van der Waals surface area contributed by atoms with Gasteiger partial charge >= 0.3 is 5.97 Å². The van der Waals surface area contributed by atoms with E-state index in [1.165, 1.54) is 17.4 Å². The van der Waals surface area contributed by atoms with E-state index in [1.807, 2.05) is 13.2 Å². The van der Waals surface area contributed by atoms with Crippen molar-refractivity contribution in [1.82, 2.24) is 5.32 Å². The molecule has 0 spiro atoms. The lowest BCUT2D eigenvalue weighted by Crippen LogP contribution is -2.34. The summed E-state index contributed by atoms with van der Waals surface area (Å²) in [6.45, 7) is 1.94. The predicted molar refractivity (Wildman–Crippen MR) is 76.3 cm³/mol. The SMILES string of the molecule is CSCC(C)NC(=O)c1sccc1/C=C/C(=O)O. The van der Waals surface area contributed by atoms with E-state index >= 15 is 0 Å². The fourth-order valence-electron chi connectivity index (χ4n) is 1.38. The van der Waals surface area contributed by atoms with Crippen molar-refractivity contribution in [1.29, 1.82) is 0 Å². The lowest BCUT2D eigenvalue weighted by Gasteiger charge is -2.11. The number of carboxylic acids is 1. The van der Waals surface area contributed by atoms with Crippen LogP contribution in [0.5, 0.6) is 0 Å². The molecule has 18 heavy (non-hydrogen) atoms. The van der Waals surface area contributed by atoms with Gasteiger partial charge in [-0.3, -0.25) is 4.79 Å². The predicted octanol–water partition coefficient (Wildman–Crippen LogP) is 2.33. The normalized spacial score (nSPS) is 12.6. The van der Waals surface area contributed by atoms with Gasteiger partial charge in [-0.15, -0.1) is 11.3 Å². The molecular formula is C12H15NO3S2. The van der Waals surface area contributed by atoms with E-state index in [0.29, 0.717) is 10.4 Å². The summed E-state index contributed by atoms with van der Waals surface area (Å²) in [6, 6.07) is 1.82. The zero-order chi connectivity index (χ0) is 13.5. The molecule has 98 valence electrons. The Labute approximate surface area is 114 Å². The Morgan fingerprint density at radius 2 is 2.33 bits per heavy atom. The number of thioether (sulfide) groups is 1. The molecule has 0 aliphatic heterocycles. The molecule has 1 aromatic rings. The maximum Gasteiger partial charge on any atom is 0.328 e. The maximum atomic E-state index is 12.0. The minimum Gasteiger partial charge on any atom is -0.478 e. The van der Waals surface area contributed by atoms with Gasteiger partial charge in [0.1, 0.15) is 0 Å². The van der Waals surface area contributed by atoms with Crippen LogP contribution < -0.4 is 5.32 Å². The molecule has 0 bridgehead atoms. The molecule has 0 saturated carbocycles. The monoisotopic (exact) mass is 285 g/mol. The number of nitrogens with one attached hydrogen (secondary N) is 1. The second-order valence-corrected chi connectivity index (χ2v) is 5.53. The Hall–Kier alpha value is -1.27. The number of thiophene rings is 1. The van der Waals surface area contributed by atoms with E-state index in [0.717, 1.165) is 11.8 Å². The first kappa shape index (κ1) is 14.8. The summed E-state index contributed by atoms with van der Waals surface area (Å²) < 4.78 is 0. The fraction of sp³-hybridized carbons (Fsp3) is 0.333. The highest BCUT2D eigenvalue weighted by Gasteiger charge is 2.13. The van der Waals surface area contributed by atoms with Crippen LogP contribution in [-0.2, 0) is 4.79 Å². The van der Waals surface area contributed by atoms with Gasteiger partial charge in [0, 0.05) is 17.9 Å². The number of carboxylic acid groups (broad SMARTS) is 1. The van der Waals surface area contributed by atoms with Crippen molar-refractivity contribution in [3.05, 3.63) is 28.0 Å². The molecule has 1 heterocycles. The van der Waals surface area contributed by atoms with Gasteiger partial charge in [-0.25, -0.2) is 4.79 Å². The number of amides is 1. The molecule has 2 N–H and O–H groups in total. The van der Waals surface area contributed by atoms with Gasteiger partial charge in [-0.2, -0.15) is 11.8 Å². The van der Waals surface area contributed by atoms with E-state index in [2.05, 4.69) is 5.32 Å². The molecule has 0 saturated heterocycles. The Kier molecular flexibility index (Phi) is 5.94. The van der Waals surface area contributed by atoms with E-state index in [-0.39, 0.29) is 11.9 Å².